The molecule has 2 aromatic heterocycles. The molecule has 0 saturated carbocycles. The third-order valence-corrected chi connectivity index (χ3v) is 11.6. The summed E-state index contributed by atoms with van der Waals surface area (Å²) >= 11 is 0. The van der Waals surface area contributed by atoms with E-state index in [0.717, 1.165) is 28.2 Å². The Bertz CT molecular complexity index is 3230. The van der Waals surface area contributed by atoms with Crippen LogP contribution in [0.4, 0.5) is 0 Å². The molecule has 3 heterocycles. The second-order valence-electron chi connectivity index (χ2n) is 14.6. The molecule has 0 saturated heterocycles. The minimum atomic E-state index is 0.0393. The van der Waals surface area contributed by atoms with Gasteiger partial charge in [0.2, 0.25) is 0 Å². The summed E-state index contributed by atoms with van der Waals surface area (Å²) in [4.78, 5) is 5.28. The minimum Gasteiger partial charge on any atom is -0.309 e. The number of hydrogen-bond donors (Lipinski definition) is 0. The summed E-state index contributed by atoms with van der Waals surface area (Å²) in [6, 6.07) is 68.0. The molecule has 1 aliphatic heterocycles. The van der Waals surface area contributed by atoms with Crippen LogP contribution in [0.25, 0.3) is 71.5 Å². The first kappa shape index (κ1) is 32.2. The molecule has 0 aliphatic carbocycles. The third-order valence-electron chi connectivity index (χ3n) is 11.6. The largest absolute Gasteiger partial charge is 0.309 e. The Morgan fingerprint density at radius 1 is 0.500 bits per heavy atom. The molecule has 8 aromatic carbocycles. The molecule has 0 N–H and O–H groups in total. The van der Waals surface area contributed by atoms with Gasteiger partial charge in [0.1, 0.15) is 0 Å². The van der Waals surface area contributed by atoms with E-state index in [0.29, 0.717) is 0 Å². The number of nitrogens with zero attached hydrogens (tertiary/aromatic N) is 3. The van der Waals surface area contributed by atoms with Crippen molar-refractivity contribution in [2.75, 3.05) is 0 Å². The van der Waals surface area contributed by atoms with Crippen molar-refractivity contribution in [2.45, 2.75) is 12.8 Å². The molecule has 0 radical (unpaired) electrons. The van der Waals surface area contributed by atoms with Crippen LogP contribution in [0.3, 0.4) is 0 Å². The highest BCUT2D eigenvalue weighted by molar-refractivity contribution is 6.26. The number of rotatable bonds is 5. The standard InChI is InChI=1S/C53H37N3/c1-2-40-45(34-46(35-17-6-3-7-18-35)54-52(40)36-19-8-4-9-20-36)38-29-30-41-37(33-38)21-16-28-47(41)56-49-27-15-13-25-44(49)51-50(56)32-31-43-42-24-12-14-26-48(42)55(53(43)51)39-22-10-5-11-23-39/h2-34,45H,1H3/b40-2-. The normalized spacial score (nSPS) is 15.3. The summed E-state index contributed by atoms with van der Waals surface area (Å²) in [5, 5.41) is 7.45. The van der Waals surface area contributed by atoms with E-state index in [4.69, 9.17) is 4.99 Å². The van der Waals surface area contributed by atoms with Crippen LogP contribution in [0, 0.1) is 0 Å². The highest BCUT2D eigenvalue weighted by Gasteiger charge is 2.26. The first-order valence-electron chi connectivity index (χ1n) is 19.4. The number of benzene rings is 8. The lowest BCUT2D eigenvalue weighted by molar-refractivity contribution is 1.02. The number of para-hydroxylation sites is 3. The van der Waals surface area contributed by atoms with Gasteiger partial charge in [0.05, 0.1) is 39.2 Å². The molecule has 0 spiro atoms. The molecular formula is C53H37N3. The van der Waals surface area contributed by atoms with Gasteiger partial charge in [-0.2, -0.15) is 0 Å². The summed E-state index contributed by atoms with van der Waals surface area (Å²) in [6.07, 6.45) is 4.58. The summed E-state index contributed by atoms with van der Waals surface area (Å²) < 4.78 is 4.93. The molecule has 11 rings (SSSR count). The maximum Gasteiger partial charge on any atom is 0.0747 e. The van der Waals surface area contributed by atoms with E-state index in [9.17, 15) is 0 Å². The molecule has 0 amide bonds. The van der Waals surface area contributed by atoms with E-state index in [1.165, 1.54) is 71.2 Å². The molecule has 1 unspecified atom stereocenters. The van der Waals surface area contributed by atoms with E-state index in [1.54, 1.807) is 0 Å². The van der Waals surface area contributed by atoms with Crippen molar-refractivity contribution >= 4 is 65.8 Å². The number of hydrogen-bond acceptors (Lipinski definition) is 1. The summed E-state index contributed by atoms with van der Waals surface area (Å²) in [6.45, 7) is 2.14. The van der Waals surface area contributed by atoms with Crippen LogP contribution in [-0.2, 0) is 0 Å². The Kier molecular flexibility index (Phi) is 7.46. The average molecular weight is 716 g/mol. The first-order valence-corrected chi connectivity index (χ1v) is 19.4. The third kappa shape index (κ3) is 4.94. The minimum absolute atomic E-state index is 0.0393. The van der Waals surface area contributed by atoms with Gasteiger partial charge in [-0.25, -0.2) is 4.99 Å². The van der Waals surface area contributed by atoms with Crippen molar-refractivity contribution in [1.82, 2.24) is 9.13 Å². The van der Waals surface area contributed by atoms with Crippen molar-refractivity contribution in [3.63, 3.8) is 0 Å². The summed E-state index contributed by atoms with van der Waals surface area (Å²) in [5.41, 5.74) is 13.9. The van der Waals surface area contributed by atoms with Crippen molar-refractivity contribution in [3.05, 3.63) is 222 Å². The van der Waals surface area contributed by atoms with Crippen LogP contribution in [-0.4, -0.2) is 14.8 Å². The number of fused-ring (bicyclic) bond motifs is 8. The van der Waals surface area contributed by atoms with E-state index in [-0.39, 0.29) is 5.92 Å². The molecule has 10 aromatic rings. The monoisotopic (exact) mass is 715 g/mol. The fraction of sp³-hybridized carbons (Fsp3) is 0.0377. The van der Waals surface area contributed by atoms with Crippen LogP contribution in [0.15, 0.2) is 211 Å². The second kappa shape index (κ2) is 13.0. The molecule has 3 nitrogen and oxygen atoms in total. The van der Waals surface area contributed by atoms with Gasteiger partial charge in [0.25, 0.3) is 0 Å². The lowest BCUT2D eigenvalue weighted by atomic mass is 9.82. The SMILES string of the molecule is C/C=C1\C(c2ccccc2)=NC(c2ccccc2)=CC1c1ccc2c(-n3c4ccccc4c4c3ccc3c5ccccc5n(-c5ccccc5)c34)cccc2c1. The molecular weight excluding hydrogens is 679 g/mol. The summed E-state index contributed by atoms with van der Waals surface area (Å²) in [7, 11) is 0. The molecule has 0 bridgehead atoms. The molecule has 56 heavy (non-hydrogen) atoms. The number of aromatic nitrogens is 2. The van der Waals surface area contributed by atoms with Crippen LogP contribution in [0.1, 0.15) is 29.5 Å². The van der Waals surface area contributed by atoms with Crippen LogP contribution in [0.5, 0.6) is 0 Å². The maximum absolute atomic E-state index is 5.28. The van der Waals surface area contributed by atoms with Gasteiger partial charge in [-0.3, -0.25) is 0 Å². The lowest BCUT2D eigenvalue weighted by Gasteiger charge is -2.26. The highest BCUT2D eigenvalue weighted by Crippen LogP contribution is 2.44. The molecule has 0 fully saturated rings. The van der Waals surface area contributed by atoms with Crippen LogP contribution >= 0.6 is 0 Å². The van der Waals surface area contributed by atoms with Crippen molar-refractivity contribution < 1.29 is 0 Å². The zero-order valence-electron chi connectivity index (χ0n) is 31.0. The number of aliphatic imine (C=N–C) groups is 1. The zero-order valence-corrected chi connectivity index (χ0v) is 31.0. The fourth-order valence-electron chi connectivity index (χ4n) is 9.09. The number of allylic oxidation sites excluding steroid dienone is 3. The quantitative estimate of drug-likeness (QED) is 0.169. The van der Waals surface area contributed by atoms with E-state index in [1.807, 2.05) is 0 Å². The Morgan fingerprint density at radius 3 is 1.89 bits per heavy atom. The molecule has 1 aliphatic rings. The van der Waals surface area contributed by atoms with Gasteiger partial charge in [0, 0.05) is 44.1 Å². The van der Waals surface area contributed by atoms with Gasteiger partial charge in [-0.1, -0.05) is 158 Å². The van der Waals surface area contributed by atoms with Crippen molar-refractivity contribution in [1.29, 1.82) is 0 Å². The zero-order chi connectivity index (χ0) is 37.2. The Hall–Kier alpha value is -7.23. The first-order chi connectivity index (χ1) is 27.8. The van der Waals surface area contributed by atoms with Gasteiger partial charge in [0.15, 0.2) is 0 Å². The van der Waals surface area contributed by atoms with Gasteiger partial charge in [-0.15, -0.1) is 0 Å². The van der Waals surface area contributed by atoms with Gasteiger partial charge in [-0.05, 0) is 71.5 Å². The highest BCUT2D eigenvalue weighted by atomic mass is 15.0. The van der Waals surface area contributed by atoms with Gasteiger partial charge >= 0.3 is 0 Å². The molecule has 3 heteroatoms. The predicted molar refractivity (Wildman–Crippen MR) is 237 cm³/mol. The second-order valence-corrected chi connectivity index (χ2v) is 14.6. The summed E-state index contributed by atoms with van der Waals surface area (Å²) in [5.74, 6) is 0.0393. The Morgan fingerprint density at radius 2 is 1.14 bits per heavy atom. The van der Waals surface area contributed by atoms with Gasteiger partial charge < -0.3 is 9.13 Å². The Balaban J connectivity index is 1.13. The smallest absolute Gasteiger partial charge is 0.0747 e. The molecule has 1 atom stereocenters. The topological polar surface area (TPSA) is 22.2 Å². The van der Waals surface area contributed by atoms with E-state index >= 15 is 0 Å². The molecule has 264 valence electrons. The average Bonchev–Trinajstić information content (AvgIpc) is 3.79. The lowest BCUT2D eigenvalue weighted by Crippen LogP contribution is -2.16. The Labute approximate surface area is 325 Å². The van der Waals surface area contributed by atoms with Crippen molar-refractivity contribution in [2.24, 2.45) is 4.99 Å². The predicted octanol–water partition coefficient (Wildman–Crippen LogP) is 13.6. The maximum atomic E-state index is 5.28. The fourth-order valence-corrected chi connectivity index (χ4v) is 9.09. The van der Waals surface area contributed by atoms with Crippen LogP contribution < -0.4 is 0 Å². The van der Waals surface area contributed by atoms with E-state index in [2.05, 4.69) is 216 Å². The van der Waals surface area contributed by atoms with E-state index < -0.39 is 0 Å². The van der Waals surface area contributed by atoms with Crippen molar-refractivity contribution in [3.8, 4) is 11.4 Å². The van der Waals surface area contributed by atoms with Crippen LogP contribution in [0.2, 0.25) is 0 Å².